The van der Waals surface area contributed by atoms with Crippen LogP contribution in [0.1, 0.15) is 43.0 Å². The smallest absolute Gasteiger partial charge is 0.253 e. The van der Waals surface area contributed by atoms with Crippen molar-refractivity contribution in [2.24, 2.45) is 17.6 Å². The Bertz CT molecular complexity index is 520. The van der Waals surface area contributed by atoms with Crippen LogP contribution in [-0.4, -0.2) is 36.5 Å². The Morgan fingerprint density at radius 2 is 2.00 bits per heavy atom. The summed E-state index contributed by atoms with van der Waals surface area (Å²) in [6.45, 7) is 4.56. The Balaban J connectivity index is 0.00000192. The van der Waals surface area contributed by atoms with Gasteiger partial charge in [0, 0.05) is 24.7 Å². The van der Waals surface area contributed by atoms with Gasteiger partial charge in [-0.3, -0.25) is 4.79 Å². The highest BCUT2D eigenvalue weighted by Crippen LogP contribution is 2.37. The third-order valence-electron chi connectivity index (χ3n) is 5.07. The molecule has 1 amide bonds. The second-order valence-corrected chi connectivity index (χ2v) is 6.60. The summed E-state index contributed by atoms with van der Waals surface area (Å²) in [5.74, 6) is 2.07. The maximum Gasteiger partial charge on any atom is 0.253 e. The van der Waals surface area contributed by atoms with E-state index in [1.54, 1.807) is 0 Å². The van der Waals surface area contributed by atoms with Gasteiger partial charge in [-0.25, -0.2) is 0 Å². The highest BCUT2D eigenvalue weighted by Gasteiger charge is 2.42. The van der Waals surface area contributed by atoms with Gasteiger partial charge in [0.25, 0.3) is 5.91 Å². The van der Waals surface area contributed by atoms with Gasteiger partial charge in [-0.1, -0.05) is 13.3 Å². The van der Waals surface area contributed by atoms with Crippen LogP contribution in [0.3, 0.4) is 0 Å². The predicted molar refractivity (Wildman–Crippen MR) is 94.2 cm³/mol. The van der Waals surface area contributed by atoms with Crippen molar-refractivity contribution in [2.75, 3.05) is 19.7 Å². The molecule has 0 radical (unpaired) electrons. The number of carbonyl (C=O) groups is 1. The van der Waals surface area contributed by atoms with E-state index >= 15 is 0 Å². The fourth-order valence-corrected chi connectivity index (χ4v) is 3.68. The number of carbonyl (C=O) groups excluding carboxylic acids is 1. The topological polar surface area (TPSA) is 55.6 Å². The Kier molecular flexibility index (Phi) is 6.31. The Morgan fingerprint density at radius 1 is 1.26 bits per heavy atom. The van der Waals surface area contributed by atoms with Crippen molar-refractivity contribution < 1.29 is 9.53 Å². The molecule has 23 heavy (non-hydrogen) atoms. The number of nitrogens with zero attached hydrogens (tertiary/aromatic N) is 1. The maximum absolute atomic E-state index is 12.6. The molecule has 1 aromatic carbocycles. The first-order valence-electron chi connectivity index (χ1n) is 8.46. The number of nitrogens with two attached hydrogens (primary N) is 1. The fourth-order valence-electron chi connectivity index (χ4n) is 3.68. The van der Waals surface area contributed by atoms with Gasteiger partial charge >= 0.3 is 0 Å². The summed E-state index contributed by atoms with van der Waals surface area (Å²) in [5.41, 5.74) is 6.89. The van der Waals surface area contributed by atoms with Crippen molar-refractivity contribution in [3.8, 4) is 5.75 Å². The second kappa shape index (κ2) is 8.02. The van der Waals surface area contributed by atoms with E-state index < -0.39 is 0 Å². The molecule has 1 saturated heterocycles. The standard InChI is InChI=1S/C18H26N2O2.ClH/c1-2-3-10-22-15-7-4-13(5-8-15)18(21)20-11-14-6-9-17(19)16(14)12-20;/h4-5,7-8,14,16-17H,2-3,6,9-12,19H2,1H3;1H. The quantitative estimate of drug-likeness (QED) is 0.839. The summed E-state index contributed by atoms with van der Waals surface area (Å²) in [6.07, 6.45) is 4.45. The van der Waals surface area contributed by atoms with Crippen molar-refractivity contribution in [1.82, 2.24) is 4.90 Å². The van der Waals surface area contributed by atoms with E-state index in [1.165, 1.54) is 6.42 Å². The van der Waals surface area contributed by atoms with E-state index in [1.807, 2.05) is 29.2 Å². The van der Waals surface area contributed by atoms with E-state index in [2.05, 4.69) is 6.92 Å². The van der Waals surface area contributed by atoms with Crippen LogP contribution >= 0.6 is 12.4 Å². The number of rotatable bonds is 5. The molecule has 128 valence electrons. The summed E-state index contributed by atoms with van der Waals surface area (Å²) in [7, 11) is 0. The Hall–Kier alpha value is -1.26. The van der Waals surface area contributed by atoms with E-state index in [0.29, 0.717) is 11.8 Å². The number of hydrogen-bond donors (Lipinski definition) is 1. The Labute approximate surface area is 144 Å². The monoisotopic (exact) mass is 338 g/mol. The van der Waals surface area contributed by atoms with Gasteiger partial charge < -0.3 is 15.4 Å². The molecule has 0 bridgehead atoms. The van der Waals surface area contributed by atoms with Gasteiger partial charge in [0.1, 0.15) is 5.75 Å². The lowest BCUT2D eigenvalue weighted by atomic mass is 9.98. The summed E-state index contributed by atoms with van der Waals surface area (Å²) in [4.78, 5) is 14.6. The lowest BCUT2D eigenvalue weighted by molar-refractivity contribution is 0.0779. The van der Waals surface area contributed by atoms with Gasteiger partial charge in [0.2, 0.25) is 0 Å². The zero-order chi connectivity index (χ0) is 15.5. The third kappa shape index (κ3) is 3.99. The molecule has 5 heteroatoms. The van der Waals surface area contributed by atoms with E-state index in [0.717, 1.165) is 50.3 Å². The third-order valence-corrected chi connectivity index (χ3v) is 5.07. The minimum absolute atomic E-state index is 0. The molecule has 2 N–H and O–H groups in total. The minimum atomic E-state index is 0. The summed E-state index contributed by atoms with van der Waals surface area (Å²) in [5, 5.41) is 0. The maximum atomic E-state index is 12.6. The number of benzene rings is 1. The molecule has 3 atom stereocenters. The van der Waals surface area contributed by atoms with Crippen molar-refractivity contribution in [3.05, 3.63) is 29.8 Å². The van der Waals surface area contributed by atoms with Crippen LogP contribution in [0.4, 0.5) is 0 Å². The highest BCUT2D eigenvalue weighted by atomic mass is 35.5. The summed E-state index contributed by atoms with van der Waals surface area (Å²) >= 11 is 0. The minimum Gasteiger partial charge on any atom is -0.494 e. The summed E-state index contributed by atoms with van der Waals surface area (Å²) < 4.78 is 5.64. The molecule has 3 unspecified atom stereocenters. The molecule has 1 saturated carbocycles. The average Bonchev–Trinajstić information content (AvgIpc) is 3.10. The van der Waals surface area contributed by atoms with Crippen LogP contribution in [0.5, 0.6) is 5.75 Å². The molecular weight excluding hydrogens is 312 g/mol. The molecule has 3 rings (SSSR count). The second-order valence-electron chi connectivity index (χ2n) is 6.60. The van der Waals surface area contributed by atoms with Crippen molar-refractivity contribution >= 4 is 18.3 Å². The first-order chi connectivity index (χ1) is 10.7. The van der Waals surface area contributed by atoms with E-state index in [4.69, 9.17) is 10.5 Å². The molecular formula is C18H27ClN2O2. The van der Waals surface area contributed by atoms with Crippen LogP contribution in [0.25, 0.3) is 0 Å². The average molecular weight is 339 g/mol. The zero-order valence-electron chi connectivity index (χ0n) is 13.7. The van der Waals surface area contributed by atoms with Crippen LogP contribution < -0.4 is 10.5 Å². The largest absolute Gasteiger partial charge is 0.494 e. The van der Waals surface area contributed by atoms with Crippen LogP contribution in [0, 0.1) is 11.8 Å². The SMILES string of the molecule is CCCCOc1ccc(C(=O)N2CC3CCC(N)C3C2)cc1.Cl. The molecule has 2 fully saturated rings. The van der Waals surface area contributed by atoms with E-state index in [-0.39, 0.29) is 24.4 Å². The normalized spacial score (nSPS) is 25.8. The molecule has 1 aromatic rings. The van der Waals surface area contributed by atoms with Crippen LogP contribution in [0.15, 0.2) is 24.3 Å². The van der Waals surface area contributed by atoms with Crippen molar-refractivity contribution in [1.29, 1.82) is 0 Å². The fraction of sp³-hybridized carbons (Fsp3) is 0.611. The van der Waals surface area contributed by atoms with Crippen molar-refractivity contribution in [2.45, 2.75) is 38.6 Å². The van der Waals surface area contributed by atoms with Gasteiger partial charge in [-0.15, -0.1) is 12.4 Å². The van der Waals surface area contributed by atoms with Gasteiger partial charge in [0.15, 0.2) is 0 Å². The van der Waals surface area contributed by atoms with E-state index in [9.17, 15) is 4.79 Å². The Morgan fingerprint density at radius 3 is 2.65 bits per heavy atom. The number of unbranched alkanes of at least 4 members (excludes halogenated alkanes) is 1. The number of hydrogen-bond acceptors (Lipinski definition) is 3. The molecule has 1 heterocycles. The first kappa shape index (κ1) is 18.1. The highest BCUT2D eigenvalue weighted by molar-refractivity contribution is 5.94. The molecule has 4 nitrogen and oxygen atoms in total. The molecule has 0 spiro atoms. The van der Waals surface area contributed by atoms with Crippen LogP contribution in [0.2, 0.25) is 0 Å². The first-order valence-corrected chi connectivity index (χ1v) is 8.46. The number of amides is 1. The lowest BCUT2D eigenvalue weighted by Gasteiger charge is -2.19. The number of halogens is 1. The lowest BCUT2D eigenvalue weighted by Crippen LogP contribution is -2.33. The molecule has 1 aliphatic heterocycles. The predicted octanol–water partition coefficient (Wildman–Crippen LogP) is 3.10. The molecule has 0 aromatic heterocycles. The van der Waals surface area contributed by atoms with Gasteiger partial charge in [0.05, 0.1) is 6.61 Å². The molecule has 1 aliphatic carbocycles. The van der Waals surface area contributed by atoms with Crippen LogP contribution in [-0.2, 0) is 0 Å². The number of ether oxygens (including phenoxy) is 1. The van der Waals surface area contributed by atoms with Gasteiger partial charge in [-0.05, 0) is 55.4 Å². The molecule has 2 aliphatic rings. The zero-order valence-corrected chi connectivity index (χ0v) is 14.6. The number of likely N-dealkylation sites (tertiary alicyclic amines) is 1. The summed E-state index contributed by atoms with van der Waals surface area (Å²) in [6, 6.07) is 7.81. The van der Waals surface area contributed by atoms with Gasteiger partial charge in [-0.2, -0.15) is 0 Å². The number of fused-ring (bicyclic) bond motifs is 1. The van der Waals surface area contributed by atoms with Crippen molar-refractivity contribution in [3.63, 3.8) is 0 Å².